The van der Waals surface area contributed by atoms with Crippen molar-refractivity contribution in [2.75, 3.05) is 6.61 Å². The molecule has 1 aliphatic heterocycles. The molecule has 4 nitrogen and oxygen atoms in total. The minimum absolute atomic E-state index is 0.148. The summed E-state index contributed by atoms with van der Waals surface area (Å²) < 4.78 is 5.04. The number of rotatable bonds is 3. The maximum Gasteiger partial charge on any atom is 0.321 e. The lowest BCUT2D eigenvalue weighted by molar-refractivity contribution is -0.180. The van der Waals surface area contributed by atoms with E-state index in [9.17, 15) is 9.59 Å². The van der Waals surface area contributed by atoms with Gasteiger partial charge in [0.15, 0.2) is 5.92 Å². The zero-order valence-corrected chi connectivity index (χ0v) is 12.4. The van der Waals surface area contributed by atoms with Crippen LogP contribution in [0.3, 0.4) is 0 Å². The summed E-state index contributed by atoms with van der Waals surface area (Å²) in [6.45, 7) is 7.96. The molecule has 2 atom stereocenters. The van der Waals surface area contributed by atoms with Crippen molar-refractivity contribution in [3.63, 3.8) is 0 Å². The van der Waals surface area contributed by atoms with Crippen molar-refractivity contribution < 1.29 is 14.3 Å². The molecule has 20 heavy (non-hydrogen) atoms. The van der Waals surface area contributed by atoms with Crippen molar-refractivity contribution in [1.82, 2.24) is 4.90 Å². The Balaban J connectivity index is 2.34. The summed E-state index contributed by atoms with van der Waals surface area (Å²) >= 11 is 0. The zero-order chi connectivity index (χ0) is 14.9. The highest BCUT2D eigenvalue weighted by Gasteiger charge is 2.56. The van der Waals surface area contributed by atoms with Crippen LogP contribution >= 0.6 is 0 Å². The molecule has 0 saturated carbocycles. The Kier molecular flexibility index (Phi) is 3.84. The highest BCUT2D eigenvalue weighted by Crippen LogP contribution is 2.45. The molecular weight excluding hydrogens is 254 g/mol. The van der Waals surface area contributed by atoms with E-state index in [4.69, 9.17) is 4.74 Å². The average Bonchev–Trinajstić information content (AvgIpc) is 2.35. The number of esters is 1. The molecule has 2 rings (SSSR count). The molecular formula is C16H21NO3. The summed E-state index contributed by atoms with van der Waals surface area (Å²) in [5.41, 5.74) is 0.653. The van der Waals surface area contributed by atoms with Crippen molar-refractivity contribution in [2.45, 2.75) is 39.3 Å². The first kappa shape index (κ1) is 14.6. The van der Waals surface area contributed by atoms with Crippen LogP contribution in [0.4, 0.5) is 0 Å². The van der Waals surface area contributed by atoms with Crippen LogP contribution in [0.5, 0.6) is 0 Å². The summed E-state index contributed by atoms with van der Waals surface area (Å²) in [6.07, 6.45) is 0. The van der Waals surface area contributed by atoms with Gasteiger partial charge in [0.25, 0.3) is 0 Å². The van der Waals surface area contributed by atoms with E-state index < -0.39 is 11.9 Å². The second-order valence-corrected chi connectivity index (χ2v) is 5.96. The Morgan fingerprint density at radius 2 is 1.85 bits per heavy atom. The number of ether oxygens (including phenoxy) is 1. The first-order chi connectivity index (χ1) is 9.38. The molecule has 0 radical (unpaired) electrons. The third kappa shape index (κ3) is 2.42. The Morgan fingerprint density at radius 1 is 1.25 bits per heavy atom. The van der Waals surface area contributed by atoms with Crippen LogP contribution in [0, 0.1) is 5.92 Å². The number of hydrogen-bond donors (Lipinski definition) is 0. The number of benzene rings is 1. The first-order valence-electron chi connectivity index (χ1n) is 6.92. The van der Waals surface area contributed by atoms with Gasteiger partial charge in [0.05, 0.1) is 12.6 Å². The van der Waals surface area contributed by atoms with E-state index in [2.05, 4.69) is 0 Å². The van der Waals surface area contributed by atoms with Gasteiger partial charge in [-0.1, -0.05) is 30.3 Å². The first-order valence-corrected chi connectivity index (χ1v) is 6.92. The summed E-state index contributed by atoms with van der Waals surface area (Å²) in [5.74, 6) is -1.28. The molecule has 1 heterocycles. The number of β-lactam (4-membered cyclic amide) rings is 1. The van der Waals surface area contributed by atoms with E-state index in [0.717, 1.165) is 5.56 Å². The second kappa shape index (κ2) is 5.27. The molecule has 1 fully saturated rings. The van der Waals surface area contributed by atoms with Crippen LogP contribution < -0.4 is 0 Å². The molecule has 4 heteroatoms. The number of carbonyl (C=O) groups is 2. The molecule has 0 unspecified atom stereocenters. The smallest absolute Gasteiger partial charge is 0.321 e. The fourth-order valence-electron chi connectivity index (χ4n) is 2.69. The molecule has 1 aromatic carbocycles. The van der Waals surface area contributed by atoms with Crippen molar-refractivity contribution in [1.29, 1.82) is 0 Å². The van der Waals surface area contributed by atoms with E-state index in [1.165, 1.54) is 0 Å². The SMILES string of the molecule is CCOC(=O)[C@@H]1C(=O)N(C(C)(C)C)[C@H]1c1ccccc1. The van der Waals surface area contributed by atoms with Crippen LogP contribution in [0.1, 0.15) is 39.3 Å². The molecule has 0 bridgehead atoms. The molecule has 1 saturated heterocycles. The number of amides is 1. The summed E-state index contributed by atoms with van der Waals surface area (Å²) in [6, 6.07) is 9.42. The second-order valence-electron chi connectivity index (χ2n) is 5.96. The minimum atomic E-state index is -0.712. The third-order valence-corrected chi connectivity index (χ3v) is 3.50. The zero-order valence-electron chi connectivity index (χ0n) is 12.4. The van der Waals surface area contributed by atoms with Gasteiger partial charge in [-0.05, 0) is 33.3 Å². The lowest BCUT2D eigenvalue weighted by Crippen LogP contribution is -2.64. The van der Waals surface area contributed by atoms with Gasteiger partial charge in [-0.15, -0.1) is 0 Å². The van der Waals surface area contributed by atoms with E-state index in [-0.39, 0.29) is 17.5 Å². The quantitative estimate of drug-likeness (QED) is 0.484. The molecule has 1 amide bonds. The van der Waals surface area contributed by atoms with Gasteiger partial charge in [-0.25, -0.2) is 0 Å². The fourth-order valence-corrected chi connectivity index (χ4v) is 2.69. The summed E-state index contributed by atoms with van der Waals surface area (Å²) in [7, 11) is 0. The van der Waals surface area contributed by atoms with Crippen molar-refractivity contribution in [3.8, 4) is 0 Å². The van der Waals surface area contributed by atoms with Gasteiger partial charge in [0.2, 0.25) is 5.91 Å². The van der Waals surface area contributed by atoms with Gasteiger partial charge in [0, 0.05) is 5.54 Å². The Morgan fingerprint density at radius 3 is 2.35 bits per heavy atom. The monoisotopic (exact) mass is 275 g/mol. The summed E-state index contributed by atoms with van der Waals surface area (Å²) in [5, 5.41) is 0. The molecule has 0 aliphatic carbocycles. The number of likely N-dealkylation sites (tertiary alicyclic amines) is 1. The predicted molar refractivity (Wildman–Crippen MR) is 75.9 cm³/mol. The van der Waals surface area contributed by atoms with Crippen molar-refractivity contribution in [3.05, 3.63) is 35.9 Å². The molecule has 0 aromatic heterocycles. The molecule has 108 valence electrons. The Labute approximate surface area is 119 Å². The highest BCUT2D eigenvalue weighted by atomic mass is 16.5. The van der Waals surface area contributed by atoms with E-state index in [1.807, 2.05) is 51.1 Å². The van der Waals surface area contributed by atoms with Crippen LogP contribution in [0.25, 0.3) is 0 Å². The van der Waals surface area contributed by atoms with Gasteiger partial charge in [-0.3, -0.25) is 9.59 Å². The highest BCUT2D eigenvalue weighted by molar-refractivity contribution is 6.04. The lowest BCUT2D eigenvalue weighted by atomic mass is 9.78. The average molecular weight is 275 g/mol. The van der Waals surface area contributed by atoms with Crippen LogP contribution in [0.15, 0.2) is 30.3 Å². The van der Waals surface area contributed by atoms with Gasteiger partial charge in [0.1, 0.15) is 0 Å². The van der Waals surface area contributed by atoms with Gasteiger partial charge < -0.3 is 9.64 Å². The van der Waals surface area contributed by atoms with Crippen molar-refractivity contribution in [2.24, 2.45) is 5.92 Å². The molecule has 0 N–H and O–H groups in total. The maximum absolute atomic E-state index is 12.3. The normalized spacial score (nSPS) is 22.4. The van der Waals surface area contributed by atoms with Crippen molar-refractivity contribution >= 4 is 11.9 Å². The van der Waals surface area contributed by atoms with Gasteiger partial charge >= 0.3 is 5.97 Å². The molecule has 0 spiro atoms. The molecule has 1 aromatic rings. The van der Waals surface area contributed by atoms with Gasteiger partial charge in [-0.2, -0.15) is 0 Å². The van der Waals surface area contributed by atoms with E-state index in [1.54, 1.807) is 11.8 Å². The number of hydrogen-bond acceptors (Lipinski definition) is 3. The predicted octanol–water partition coefficient (Wildman–Crippen LogP) is 2.55. The van der Waals surface area contributed by atoms with Crippen LogP contribution in [-0.4, -0.2) is 28.9 Å². The minimum Gasteiger partial charge on any atom is -0.465 e. The van der Waals surface area contributed by atoms with E-state index >= 15 is 0 Å². The molecule has 1 aliphatic rings. The number of nitrogens with zero attached hydrogens (tertiary/aromatic N) is 1. The van der Waals surface area contributed by atoms with E-state index in [0.29, 0.717) is 6.61 Å². The standard InChI is InChI=1S/C16H21NO3/c1-5-20-15(19)12-13(11-9-7-6-8-10-11)17(14(12)18)16(2,3)4/h6-10,12-13H,5H2,1-4H3/t12-,13-/m0/s1. The Hall–Kier alpha value is -1.84. The number of carbonyl (C=O) groups excluding carboxylic acids is 2. The lowest BCUT2D eigenvalue weighted by Gasteiger charge is -2.52. The Bertz CT molecular complexity index is 504. The van der Waals surface area contributed by atoms with Crippen LogP contribution in [-0.2, 0) is 14.3 Å². The van der Waals surface area contributed by atoms with Crippen LogP contribution in [0.2, 0.25) is 0 Å². The topological polar surface area (TPSA) is 46.6 Å². The third-order valence-electron chi connectivity index (χ3n) is 3.50. The maximum atomic E-state index is 12.3. The fraction of sp³-hybridized carbons (Fsp3) is 0.500. The largest absolute Gasteiger partial charge is 0.465 e. The summed E-state index contributed by atoms with van der Waals surface area (Å²) in [4.78, 5) is 26.1.